The van der Waals surface area contributed by atoms with E-state index in [1.54, 1.807) is 0 Å². The topological polar surface area (TPSA) is 52.6 Å². The van der Waals surface area contributed by atoms with E-state index in [-0.39, 0.29) is 12.0 Å². The van der Waals surface area contributed by atoms with E-state index in [0.29, 0.717) is 13.2 Å². The summed E-state index contributed by atoms with van der Waals surface area (Å²) in [7, 11) is -3.30. The van der Waals surface area contributed by atoms with Crippen molar-refractivity contribution in [2.45, 2.75) is 13.3 Å². The third-order valence-electron chi connectivity index (χ3n) is 2.15. The molecular weight excluding hydrogens is 180 g/mol. The summed E-state index contributed by atoms with van der Waals surface area (Å²) in [6.45, 7) is 3.48. The summed E-state index contributed by atoms with van der Waals surface area (Å²) in [6.07, 6.45) is 1.96. The zero-order chi connectivity index (χ0) is 9.24. The molecule has 0 bridgehead atoms. The van der Waals surface area contributed by atoms with Crippen LogP contribution in [0.3, 0.4) is 0 Å². The van der Waals surface area contributed by atoms with Crippen LogP contribution in [0.2, 0.25) is 0 Å². The van der Waals surface area contributed by atoms with Gasteiger partial charge < -0.3 is 4.74 Å². The van der Waals surface area contributed by atoms with E-state index in [9.17, 15) is 8.42 Å². The van der Waals surface area contributed by atoms with Crippen molar-refractivity contribution in [2.24, 2.45) is 5.41 Å². The van der Waals surface area contributed by atoms with E-state index in [1.807, 2.05) is 6.92 Å². The summed E-state index contributed by atoms with van der Waals surface area (Å²) in [5.74, 6) is 0. The van der Waals surface area contributed by atoms with Gasteiger partial charge in [-0.3, -0.25) is 4.18 Å². The minimum Gasteiger partial charge on any atom is -0.380 e. The number of rotatable bonds is 4. The van der Waals surface area contributed by atoms with E-state index in [0.717, 1.165) is 12.7 Å². The molecule has 1 heterocycles. The summed E-state index contributed by atoms with van der Waals surface area (Å²) in [5, 5.41) is 0. The minimum atomic E-state index is -3.30. The van der Waals surface area contributed by atoms with Gasteiger partial charge >= 0.3 is 0 Å². The van der Waals surface area contributed by atoms with Gasteiger partial charge in [-0.05, 0) is 6.42 Å². The molecule has 12 heavy (non-hydrogen) atoms. The lowest BCUT2D eigenvalue weighted by Gasteiger charge is -2.39. The smallest absolute Gasteiger partial charge is 0.264 e. The highest BCUT2D eigenvalue weighted by molar-refractivity contribution is 7.85. The molecule has 1 aliphatic rings. The largest absolute Gasteiger partial charge is 0.380 e. The highest BCUT2D eigenvalue weighted by Gasteiger charge is 2.38. The fourth-order valence-electron chi connectivity index (χ4n) is 1.01. The summed E-state index contributed by atoms with van der Waals surface area (Å²) in [6, 6.07) is 0. The lowest BCUT2D eigenvalue weighted by atomic mass is 9.84. The SMILES string of the molecule is CCC1(COS(C)(=O)=O)COC1. The molecule has 0 unspecified atom stereocenters. The zero-order valence-electron chi connectivity index (χ0n) is 7.37. The maximum atomic E-state index is 10.7. The predicted molar refractivity (Wildman–Crippen MR) is 44.3 cm³/mol. The van der Waals surface area contributed by atoms with Crippen LogP contribution >= 0.6 is 0 Å². The average Bonchev–Trinajstić information content (AvgIpc) is 1.84. The molecule has 0 aromatic carbocycles. The first-order valence-corrected chi connectivity index (χ1v) is 5.71. The van der Waals surface area contributed by atoms with Crippen LogP contribution in [0.4, 0.5) is 0 Å². The highest BCUT2D eigenvalue weighted by Crippen LogP contribution is 2.31. The third kappa shape index (κ3) is 2.43. The fraction of sp³-hybridized carbons (Fsp3) is 1.00. The Morgan fingerprint density at radius 2 is 2.08 bits per heavy atom. The average molecular weight is 194 g/mol. The molecule has 1 fully saturated rings. The molecular formula is C7H14O4S. The Hall–Kier alpha value is -0.130. The summed E-state index contributed by atoms with van der Waals surface area (Å²) >= 11 is 0. The second-order valence-electron chi connectivity index (χ2n) is 3.31. The molecule has 1 rings (SSSR count). The molecule has 0 radical (unpaired) electrons. The Morgan fingerprint density at radius 1 is 1.50 bits per heavy atom. The Kier molecular flexibility index (Phi) is 2.75. The van der Waals surface area contributed by atoms with Gasteiger partial charge in [0.2, 0.25) is 0 Å². The molecule has 1 saturated heterocycles. The van der Waals surface area contributed by atoms with Crippen LogP contribution < -0.4 is 0 Å². The fourth-order valence-corrected chi connectivity index (χ4v) is 1.48. The van der Waals surface area contributed by atoms with Gasteiger partial charge in [-0.15, -0.1) is 0 Å². The summed E-state index contributed by atoms with van der Waals surface area (Å²) in [4.78, 5) is 0. The van der Waals surface area contributed by atoms with Gasteiger partial charge in [-0.25, -0.2) is 0 Å². The van der Waals surface area contributed by atoms with Crippen molar-refractivity contribution in [2.75, 3.05) is 26.1 Å². The zero-order valence-corrected chi connectivity index (χ0v) is 8.19. The van der Waals surface area contributed by atoms with E-state index < -0.39 is 10.1 Å². The molecule has 0 N–H and O–H groups in total. The molecule has 0 aromatic heterocycles. The molecule has 4 nitrogen and oxygen atoms in total. The van der Waals surface area contributed by atoms with Crippen molar-refractivity contribution in [3.63, 3.8) is 0 Å². The first-order valence-electron chi connectivity index (χ1n) is 3.90. The normalized spacial score (nSPS) is 21.8. The van der Waals surface area contributed by atoms with Gasteiger partial charge in [0.05, 0.1) is 26.1 Å². The standard InChI is InChI=1S/C7H14O4S/c1-3-7(4-10-5-7)6-11-12(2,8)9/h3-6H2,1-2H3. The Balaban J connectivity index is 2.40. The van der Waals surface area contributed by atoms with Gasteiger partial charge in [-0.1, -0.05) is 6.92 Å². The van der Waals surface area contributed by atoms with Crippen molar-refractivity contribution < 1.29 is 17.3 Å². The molecule has 5 heteroatoms. The summed E-state index contributed by atoms with van der Waals surface area (Å²) < 4.78 is 31.1. The Morgan fingerprint density at radius 3 is 2.33 bits per heavy atom. The first kappa shape index (κ1) is 9.95. The maximum Gasteiger partial charge on any atom is 0.264 e. The highest BCUT2D eigenvalue weighted by atomic mass is 32.2. The quantitative estimate of drug-likeness (QED) is 0.607. The van der Waals surface area contributed by atoms with Crippen LogP contribution in [0.25, 0.3) is 0 Å². The van der Waals surface area contributed by atoms with Gasteiger partial charge in [0.15, 0.2) is 0 Å². The van der Waals surface area contributed by atoms with Crippen molar-refractivity contribution in [3.05, 3.63) is 0 Å². The number of ether oxygens (including phenoxy) is 1. The predicted octanol–water partition coefficient (Wildman–Crippen LogP) is 0.389. The van der Waals surface area contributed by atoms with Crippen molar-refractivity contribution in [3.8, 4) is 0 Å². The van der Waals surface area contributed by atoms with Gasteiger partial charge in [0.25, 0.3) is 10.1 Å². The molecule has 0 saturated carbocycles. The van der Waals surface area contributed by atoms with Gasteiger partial charge in [0.1, 0.15) is 0 Å². The van der Waals surface area contributed by atoms with Crippen LogP contribution in [0.15, 0.2) is 0 Å². The molecule has 0 atom stereocenters. The molecule has 0 aliphatic carbocycles. The molecule has 1 aliphatic heterocycles. The van der Waals surface area contributed by atoms with Gasteiger partial charge in [-0.2, -0.15) is 8.42 Å². The van der Waals surface area contributed by atoms with Crippen molar-refractivity contribution >= 4 is 10.1 Å². The molecule has 0 spiro atoms. The van der Waals surface area contributed by atoms with Crippen LogP contribution in [-0.4, -0.2) is 34.5 Å². The lowest BCUT2D eigenvalue weighted by molar-refractivity contribution is -0.132. The van der Waals surface area contributed by atoms with E-state index in [4.69, 9.17) is 8.92 Å². The van der Waals surface area contributed by atoms with Crippen LogP contribution in [0.1, 0.15) is 13.3 Å². The molecule has 0 amide bonds. The molecule has 72 valence electrons. The van der Waals surface area contributed by atoms with Crippen molar-refractivity contribution in [1.82, 2.24) is 0 Å². The molecule has 0 aromatic rings. The Labute approximate surface area is 73.0 Å². The third-order valence-corrected chi connectivity index (χ3v) is 2.69. The second kappa shape index (κ2) is 3.32. The second-order valence-corrected chi connectivity index (χ2v) is 4.96. The minimum absolute atomic E-state index is 0.0525. The van der Waals surface area contributed by atoms with Crippen molar-refractivity contribution in [1.29, 1.82) is 0 Å². The van der Waals surface area contributed by atoms with E-state index in [2.05, 4.69) is 0 Å². The number of hydrogen-bond acceptors (Lipinski definition) is 4. The van der Waals surface area contributed by atoms with Crippen LogP contribution in [0.5, 0.6) is 0 Å². The first-order chi connectivity index (χ1) is 5.47. The number of hydrogen-bond donors (Lipinski definition) is 0. The summed E-state index contributed by atoms with van der Waals surface area (Å²) in [5.41, 5.74) is -0.0525. The lowest BCUT2D eigenvalue weighted by Crippen LogP contribution is -2.46. The van der Waals surface area contributed by atoms with Crippen LogP contribution in [-0.2, 0) is 19.0 Å². The van der Waals surface area contributed by atoms with Gasteiger partial charge in [0, 0.05) is 5.41 Å². The van der Waals surface area contributed by atoms with E-state index >= 15 is 0 Å². The Bertz CT molecular complexity index is 235. The van der Waals surface area contributed by atoms with E-state index in [1.165, 1.54) is 0 Å². The maximum absolute atomic E-state index is 10.7. The monoisotopic (exact) mass is 194 g/mol. The van der Waals surface area contributed by atoms with Crippen LogP contribution in [0, 0.1) is 5.41 Å².